The molecule has 1 aliphatic rings. The number of piperazine rings is 1. The number of aromatic amines is 1. The molecule has 1 aliphatic heterocycles. The van der Waals surface area contributed by atoms with E-state index in [0.29, 0.717) is 6.42 Å². The third-order valence-electron chi connectivity index (χ3n) is 7.06. The summed E-state index contributed by atoms with van der Waals surface area (Å²) in [6, 6.07) is 21.7. The topological polar surface area (TPSA) is 72.5 Å². The average Bonchev–Trinajstić information content (AvgIpc) is 3.59. The number of thiophene rings is 1. The van der Waals surface area contributed by atoms with E-state index in [0.717, 1.165) is 71.6 Å². The number of carbonyl (C=O) groups is 1. The normalized spacial score (nSPS) is 14.3. The highest BCUT2D eigenvalue weighted by Gasteiger charge is 2.23. The molecule has 1 amide bonds. The molecule has 37 heavy (non-hydrogen) atoms. The van der Waals surface area contributed by atoms with Crippen molar-refractivity contribution in [2.75, 3.05) is 26.2 Å². The summed E-state index contributed by atoms with van der Waals surface area (Å²) in [6.07, 6.45) is 3.93. The SMILES string of the molecule is O=C(Cc1ccc(-c2ccccc2O)cc1-c1cc2cnccc2[nH]1)N1CCN(Cc2cccs2)CC1. The van der Waals surface area contributed by atoms with E-state index in [1.54, 1.807) is 23.6 Å². The Morgan fingerprint density at radius 3 is 2.62 bits per heavy atom. The highest BCUT2D eigenvalue weighted by molar-refractivity contribution is 7.09. The van der Waals surface area contributed by atoms with Crippen LogP contribution in [0.25, 0.3) is 33.3 Å². The molecular formula is C30H28N4O2S. The zero-order chi connectivity index (χ0) is 25.2. The molecule has 0 spiro atoms. The fraction of sp³-hybridized carbons (Fsp3) is 0.200. The molecular weight excluding hydrogens is 480 g/mol. The number of rotatable bonds is 6. The smallest absolute Gasteiger partial charge is 0.227 e. The second-order valence-electron chi connectivity index (χ2n) is 9.45. The first-order valence-electron chi connectivity index (χ1n) is 12.5. The summed E-state index contributed by atoms with van der Waals surface area (Å²) in [5, 5.41) is 13.6. The fourth-order valence-electron chi connectivity index (χ4n) is 5.04. The van der Waals surface area contributed by atoms with Gasteiger partial charge in [0.2, 0.25) is 5.91 Å². The van der Waals surface area contributed by atoms with Crippen LogP contribution in [0.1, 0.15) is 10.4 Å². The van der Waals surface area contributed by atoms with Crippen LogP contribution in [0, 0.1) is 0 Å². The second kappa shape index (κ2) is 10.2. The maximum Gasteiger partial charge on any atom is 0.227 e. The highest BCUT2D eigenvalue weighted by atomic mass is 32.1. The molecule has 0 bridgehead atoms. The lowest BCUT2D eigenvalue weighted by atomic mass is 9.95. The number of hydrogen-bond donors (Lipinski definition) is 2. The van der Waals surface area contributed by atoms with E-state index in [9.17, 15) is 9.90 Å². The van der Waals surface area contributed by atoms with Crippen LogP contribution < -0.4 is 0 Å². The first-order valence-corrected chi connectivity index (χ1v) is 13.4. The zero-order valence-electron chi connectivity index (χ0n) is 20.4. The minimum Gasteiger partial charge on any atom is -0.507 e. The van der Waals surface area contributed by atoms with Crippen molar-refractivity contribution in [1.29, 1.82) is 0 Å². The van der Waals surface area contributed by atoms with E-state index in [-0.39, 0.29) is 11.7 Å². The number of pyridine rings is 1. The maximum absolute atomic E-state index is 13.4. The Hall–Kier alpha value is -3.94. The molecule has 0 radical (unpaired) electrons. The number of para-hydroxylation sites is 1. The molecule has 5 aromatic rings. The summed E-state index contributed by atoms with van der Waals surface area (Å²) >= 11 is 1.78. The van der Waals surface area contributed by atoms with E-state index in [1.165, 1.54) is 4.88 Å². The van der Waals surface area contributed by atoms with Crippen LogP contribution in [0.5, 0.6) is 5.75 Å². The third kappa shape index (κ3) is 5.01. The van der Waals surface area contributed by atoms with Gasteiger partial charge in [-0.1, -0.05) is 36.4 Å². The number of fused-ring (bicyclic) bond motifs is 1. The molecule has 1 saturated heterocycles. The maximum atomic E-state index is 13.4. The van der Waals surface area contributed by atoms with Gasteiger partial charge in [-0.3, -0.25) is 14.7 Å². The van der Waals surface area contributed by atoms with Crippen molar-refractivity contribution in [2.24, 2.45) is 0 Å². The molecule has 186 valence electrons. The Morgan fingerprint density at radius 1 is 0.973 bits per heavy atom. The van der Waals surface area contributed by atoms with Crippen molar-refractivity contribution in [3.8, 4) is 28.1 Å². The van der Waals surface area contributed by atoms with Crippen LogP contribution >= 0.6 is 11.3 Å². The van der Waals surface area contributed by atoms with Crippen molar-refractivity contribution in [1.82, 2.24) is 19.8 Å². The number of carbonyl (C=O) groups excluding carboxylic acids is 1. The quantitative estimate of drug-likeness (QED) is 0.315. The van der Waals surface area contributed by atoms with Gasteiger partial charge in [-0.15, -0.1) is 11.3 Å². The summed E-state index contributed by atoms with van der Waals surface area (Å²) in [4.78, 5) is 26.9. The minimum atomic E-state index is 0.144. The highest BCUT2D eigenvalue weighted by Crippen LogP contribution is 2.35. The Kier molecular flexibility index (Phi) is 6.47. The third-order valence-corrected chi connectivity index (χ3v) is 7.92. The van der Waals surface area contributed by atoms with Crippen LogP contribution in [0.3, 0.4) is 0 Å². The van der Waals surface area contributed by atoms with E-state index < -0.39 is 0 Å². The number of aromatic nitrogens is 2. The zero-order valence-corrected chi connectivity index (χ0v) is 21.2. The van der Waals surface area contributed by atoms with Gasteiger partial charge in [-0.05, 0) is 46.8 Å². The predicted octanol–water partition coefficient (Wildman–Crippen LogP) is 5.55. The van der Waals surface area contributed by atoms with Crippen molar-refractivity contribution in [3.63, 3.8) is 0 Å². The molecule has 3 aromatic heterocycles. The van der Waals surface area contributed by atoms with Gasteiger partial charge >= 0.3 is 0 Å². The summed E-state index contributed by atoms with van der Waals surface area (Å²) < 4.78 is 0. The van der Waals surface area contributed by atoms with Gasteiger partial charge in [0.05, 0.1) is 6.42 Å². The van der Waals surface area contributed by atoms with Crippen LogP contribution in [0.15, 0.2) is 84.5 Å². The van der Waals surface area contributed by atoms with Gasteiger partial charge in [-0.2, -0.15) is 0 Å². The number of nitrogens with one attached hydrogen (secondary N) is 1. The number of nitrogens with zero attached hydrogens (tertiary/aromatic N) is 3. The Balaban J connectivity index is 1.26. The summed E-state index contributed by atoms with van der Waals surface area (Å²) in [7, 11) is 0. The number of phenolic OH excluding ortho intramolecular Hbond substituents is 1. The monoisotopic (exact) mass is 508 g/mol. The van der Waals surface area contributed by atoms with Crippen LogP contribution in [0.4, 0.5) is 0 Å². The first-order chi connectivity index (χ1) is 18.1. The number of phenols is 1. The van der Waals surface area contributed by atoms with Crippen molar-refractivity contribution in [3.05, 3.63) is 94.9 Å². The molecule has 0 aliphatic carbocycles. The van der Waals surface area contributed by atoms with Crippen LogP contribution in [-0.2, 0) is 17.8 Å². The number of H-pyrrole nitrogens is 1. The fourth-order valence-corrected chi connectivity index (χ4v) is 5.78. The van der Waals surface area contributed by atoms with Gasteiger partial charge in [0, 0.05) is 77.7 Å². The molecule has 4 heterocycles. The summed E-state index contributed by atoms with van der Waals surface area (Å²) in [6.45, 7) is 4.21. The minimum absolute atomic E-state index is 0.144. The number of hydrogen-bond acceptors (Lipinski definition) is 5. The van der Waals surface area contributed by atoms with Crippen molar-refractivity contribution < 1.29 is 9.90 Å². The molecule has 0 unspecified atom stereocenters. The molecule has 2 N–H and O–H groups in total. The number of amides is 1. The molecule has 2 aromatic carbocycles. The van der Waals surface area contributed by atoms with Crippen molar-refractivity contribution >= 4 is 28.1 Å². The molecule has 1 fully saturated rings. The largest absolute Gasteiger partial charge is 0.507 e. The van der Waals surface area contributed by atoms with Crippen LogP contribution in [-0.4, -0.2) is 57.0 Å². The lowest BCUT2D eigenvalue weighted by Crippen LogP contribution is -2.48. The molecule has 6 nitrogen and oxygen atoms in total. The van der Waals surface area contributed by atoms with Crippen LogP contribution in [0.2, 0.25) is 0 Å². The Morgan fingerprint density at radius 2 is 1.84 bits per heavy atom. The summed E-state index contributed by atoms with van der Waals surface area (Å²) in [5.41, 5.74) is 5.52. The average molecular weight is 509 g/mol. The van der Waals surface area contributed by atoms with Gasteiger partial charge < -0.3 is 15.0 Å². The van der Waals surface area contributed by atoms with Gasteiger partial charge in [-0.25, -0.2) is 0 Å². The molecule has 7 heteroatoms. The summed E-state index contributed by atoms with van der Waals surface area (Å²) in [5.74, 6) is 0.378. The predicted molar refractivity (Wildman–Crippen MR) is 149 cm³/mol. The van der Waals surface area contributed by atoms with E-state index in [1.807, 2.05) is 47.5 Å². The van der Waals surface area contributed by atoms with E-state index >= 15 is 0 Å². The number of benzene rings is 2. The van der Waals surface area contributed by atoms with Gasteiger partial charge in [0.15, 0.2) is 0 Å². The van der Waals surface area contributed by atoms with Gasteiger partial charge in [0.25, 0.3) is 0 Å². The lowest BCUT2D eigenvalue weighted by molar-refractivity contribution is -0.132. The van der Waals surface area contributed by atoms with Gasteiger partial charge in [0.1, 0.15) is 5.75 Å². The Labute approximate surface area is 219 Å². The molecule has 0 saturated carbocycles. The number of aromatic hydroxyl groups is 1. The van der Waals surface area contributed by atoms with E-state index in [2.05, 4.69) is 44.5 Å². The van der Waals surface area contributed by atoms with E-state index in [4.69, 9.17) is 0 Å². The molecule has 6 rings (SSSR count). The van der Waals surface area contributed by atoms with Crippen molar-refractivity contribution in [2.45, 2.75) is 13.0 Å². The Bertz CT molecular complexity index is 1500. The first kappa shape index (κ1) is 23.5. The molecule has 0 atom stereocenters. The lowest BCUT2D eigenvalue weighted by Gasteiger charge is -2.34. The second-order valence-corrected chi connectivity index (χ2v) is 10.5. The standard InChI is InChI=1S/C30H28N4O2S/c35-29-6-2-1-5-25(29)21-7-8-22(26(16-21)28-17-23-19-31-10-9-27(23)32-28)18-30(36)34-13-11-33(12-14-34)20-24-4-3-15-37-24/h1-10,15-17,19,32,35H,11-14,18,20H2.